The molecule has 264 valence electrons. The lowest BCUT2D eigenvalue weighted by Crippen LogP contribution is -2.66. The van der Waals surface area contributed by atoms with Crippen LogP contribution in [0.25, 0.3) is 0 Å². The Morgan fingerprint density at radius 1 is 0.600 bits per heavy atom. The Morgan fingerprint density at radius 3 is 1.58 bits per heavy atom. The predicted molar refractivity (Wildman–Crippen MR) is 199 cm³/mol. The Hall–Kier alpha value is -3.67. The van der Waals surface area contributed by atoms with Gasteiger partial charge in [0, 0.05) is 12.1 Å². The lowest BCUT2D eigenvalue weighted by atomic mass is 9.91. The molecule has 4 aromatic carbocycles. The molecule has 8 nitrogen and oxygen atoms in total. The van der Waals surface area contributed by atoms with Crippen molar-refractivity contribution in [3.05, 3.63) is 144 Å². The van der Waals surface area contributed by atoms with Crippen molar-refractivity contribution in [2.24, 2.45) is 5.73 Å². The Kier molecular flexibility index (Phi) is 13.8. The number of ether oxygens (including phenoxy) is 5. The van der Waals surface area contributed by atoms with Crippen molar-refractivity contribution >= 4 is 17.3 Å². The van der Waals surface area contributed by atoms with Crippen molar-refractivity contribution in [1.29, 1.82) is 0 Å². The molecule has 50 heavy (non-hydrogen) atoms. The first-order valence-corrected chi connectivity index (χ1v) is 18.1. The molecule has 4 N–H and O–H groups in total. The van der Waals surface area contributed by atoms with Crippen LogP contribution >= 0.6 is 12.2 Å². The summed E-state index contributed by atoms with van der Waals surface area (Å²) >= 11 is 5.90. The minimum absolute atomic E-state index is 0.0396. The molecule has 1 saturated heterocycles. The summed E-state index contributed by atoms with van der Waals surface area (Å²) in [7, 11) is 0. The van der Waals surface area contributed by atoms with Crippen LogP contribution in [0.2, 0.25) is 0 Å². The number of nitrogens with two attached hydrogens (primary N) is 1. The predicted octanol–water partition coefficient (Wildman–Crippen LogP) is 6.42. The van der Waals surface area contributed by atoms with Crippen LogP contribution in [0.3, 0.4) is 0 Å². The van der Waals surface area contributed by atoms with Gasteiger partial charge >= 0.3 is 0 Å². The summed E-state index contributed by atoms with van der Waals surface area (Å²) in [5.74, 6) is 0. The molecule has 7 atom stereocenters. The summed E-state index contributed by atoms with van der Waals surface area (Å²) in [6.45, 7) is 1.81. The van der Waals surface area contributed by atoms with E-state index in [0.717, 1.165) is 47.9 Å². The molecular formula is C41H49N3O5S. The summed E-state index contributed by atoms with van der Waals surface area (Å²) < 4.78 is 33.5. The summed E-state index contributed by atoms with van der Waals surface area (Å²) in [6.07, 6.45) is 1.36. The zero-order valence-electron chi connectivity index (χ0n) is 28.5. The Balaban J connectivity index is 1.29. The number of hydrogen-bond acceptors (Lipinski definition) is 7. The van der Waals surface area contributed by atoms with E-state index in [0.29, 0.717) is 31.5 Å². The minimum Gasteiger partial charge on any atom is -0.374 e. The molecule has 1 aliphatic heterocycles. The summed E-state index contributed by atoms with van der Waals surface area (Å²) in [5, 5.41) is 7.41. The van der Waals surface area contributed by atoms with E-state index in [4.69, 9.17) is 41.6 Å². The molecule has 0 radical (unpaired) electrons. The van der Waals surface area contributed by atoms with Gasteiger partial charge in [-0.05, 0) is 47.3 Å². The SMILES string of the molecule is N[C@@H]1CCCC[C@H]1NC(=S)N[C@@H]1O[C@H](COCc2ccccc2)[C@@H](OCc2ccccc2)[C@H](OCc2ccccc2)[C@H]1OCc1ccccc1. The smallest absolute Gasteiger partial charge is 0.168 e. The molecule has 0 spiro atoms. The van der Waals surface area contributed by atoms with E-state index in [9.17, 15) is 0 Å². The molecule has 6 rings (SSSR count). The number of rotatable bonds is 15. The molecule has 0 unspecified atom stereocenters. The highest BCUT2D eigenvalue weighted by Gasteiger charge is 2.49. The molecule has 4 aromatic rings. The highest BCUT2D eigenvalue weighted by atomic mass is 32.1. The normalized spacial score (nSPS) is 25.1. The molecule has 2 aliphatic rings. The Labute approximate surface area is 301 Å². The summed E-state index contributed by atoms with van der Waals surface area (Å²) in [5.41, 5.74) is 10.7. The van der Waals surface area contributed by atoms with E-state index in [1.807, 2.05) is 84.9 Å². The minimum atomic E-state index is -0.666. The van der Waals surface area contributed by atoms with Crippen LogP contribution in [0.4, 0.5) is 0 Å². The topological polar surface area (TPSA) is 96.2 Å². The van der Waals surface area contributed by atoms with E-state index in [1.54, 1.807) is 0 Å². The van der Waals surface area contributed by atoms with Crippen molar-refractivity contribution in [3.63, 3.8) is 0 Å². The van der Waals surface area contributed by atoms with Gasteiger partial charge in [-0.25, -0.2) is 0 Å². The van der Waals surface area contributed by atoms with Crippen LogP contribution in [-0.4, -0.2) is 54.4 Å². The third kappa shape index (κ3) is 10.7. The molecule has 9 heteroatoms. The van der Waals surface area contributed by atoms with Crippen LogP contribution in [0.5, 0.6) is 0 Å². The average Bonchev–Trinajstić information content (AvgIpc) is 3.15. The number of benzene rings is 4. The standard InChI is InChI=1S/C41H49N3O5S/c42-34-23-13-14-24-35(34)43-41(50)44-40-39(48-28-33-21-11-4-12-22-33)38(47-27-32-19-9-3-10-20-32)37(46-26-31-17-7-2-8-18-31)36(49-40)29-45-25-30-15-5-1-6-16-30/h1-12,15-22,34-40H,13-14,23-29,42H2,(H2,43,44,50)/t34-,35-,36-,37-,38+,39-,40-/m1/s1. The zero-order valence-corrected chi connectivity index (χ0v) is 29.3. The van der Waals surface area contributed by atoms with Crippen molar-refractivity contribution < 1.29 is 23.7 Å². The van der Waals surface area contributed by atoms with Crippen molar-refractivity contribution in [1.82, 2.24) is 10.6 Å². The van der Waals surface area contributed by atoms with Gasteiger partial charge in [0.15, 0.2) is 11.3 Å². The lowest BCUT2D eigenvalue weighted by Gasteiger charge is -2.46. The number of nitrogens with one attached hydrogen (secondary N) is 2. The molecule has 0 bridgehead atoms. The van der Waals surface area contributed by atoms with Gasteiger partial charge in [0.25, 0.3) is 0 Å². The Bertz CT molecular complexity index is 1550. The fraction of sp³-hybridized carbons (Fsp3) is 0.390. The van der Waals surface area contributed by atoms with E-state index in [2.05, 4.69) is 47.0 Å². The van der Waals surface area contributed by atoms with Crippen LogP contribution in [0.1, 0.15) is 47.9 Å². The number of hydrogen-bond donors (Lipinski definition) is 3. The highest BCUT2D eigenvalue weighted by Crippen LogP contribution is 2.30. The molecule has 0 amide bonds. The second-order valence-electron chi connectivity index (χ2n) is 13.1. The first kappa shape index (κ1) is 36.1. The molecule has 0 aromatic heterocycles. The third-order valence-electron chi connectivity index (χ3n) is 9.29. The van der Waals surface area contributed by atoms with Crippen LogP contribution in [0, 0.1) is 0 Å². The summed E-state index contributed by atoms with van der Waals surface area (Å²) in [4.78, 5) is 0. The first-order chi connectivity index (χ1) is 24.6. The van der Waals surface area contributed by atoms with Crippen molar-refractivity contribution in [2.45, 2.75) is 94.8 Å². The summed E-state index contributed by atoms with van der Waals surface area (Å²) in [6, 6.07) is 40.6. The molecule has 1 heterocycles. The highest BCUT2D eigenvalue weighted by molar-refractivity contribution is 7.80. The van der Waals surface area contributed by atoms with E-state index >= 15 is 0 Å². The lowest BCUT2D eigenvalue weighted by molar-refractivity contribution is -0.275. The second kappa shape index (κ2) is 19.1. The largest absolute Gasteiger partial charge is 0.374 e. The maximum Gasteiger partial charge on any atom is 0.168 e. The van der Waals surface area contributed by atoms with Crippen LogP contribution < -0.4 is 16.4 Å². The maximum atomic E-state index is 6.87. The van der Waals surface area contributed by atoms with Crippen LogP contribution in [-0.2, 0) is 50.1 Å². The maximum absolute atomic E-state index is 6.87. The van der Waals surface area contributed by atoms with Crippen LogP contribution in [0.15, 0.2) is 121 Å². The second-order valence-corrected chi connectivity index (χ2v) is 13.5. The van der Waals surface area contributed by atoms with Gasteiger partial charge < -0.3 is 40.1 Å². The molecule has 1 saturated carbocycles. The monoisotopic (exact) mass is 695 g/mol. The molecule has 1 aliphatic carbocycles. The van der Waals surface area contributed by atoms with E-state index < -0.39 is 30.6 Å². The average molecular weight is 696 g/mol. The van der Waals surface area contributed by atoms with Crippen molar-refractivity contribution in [3.8, 4) is 0 Å². The zero-order chi connectivity index (χ0) is 34.4. The van der Waals surface area contributed by atoms with Gasteiger partial charge in [-0.2, -0.15) is 0 Å². The number of thiocarbonyl (C=S) groups is 1. The van der Waals surface area contributed by atoms with Gasteiger partial charge in [-0.15, -0.1) is 0 Å². The third-order valence-corrected chi connectivity index (χ3v) is 9.53. The molecular weight excluding hydrogens is 647 g/mol. The first-order valence-electron chi connectivity index (χ1n) is 17.7. The fourth-order valence-corrected chi connectivity index (χ4v) is 6.85. The van der Waals surface area contributed by atoms with E-state index in [1.165, 1.54) is 0 Å². The molecule has 2 fully saturated rings. The van der Waals surface area contributed by atoms with E-state index in [-0.39, 0.29) is 18.7 Å². The van der Waals surface area contributed by atoms with Gasteiger partial charge in [-0.1, -0.05) is 134 Å². The Morgan fingerprint density at radius 2 is 1.06 bits per heavy atom. The van der Waals surface area contributed by atoms with Gasteiger partial charge in [-0.3, -0.25) is 0 Å². The van der Waals surface area contributed by atoms with Crippen molar-refractivity contribution in [2.75, 3.05) is 6.61 Å². The fourth-order valence-electron chi connectivity index (χ4n) is 6.58. The van der Waals surface area contributed by atoms with Gasteiger partial charge in [0.1, 0.15) is 24.4 Å². The quantitative estimate of drug-likeness (QED) is 0.122. The van der Waals surface area contributed by atoms with Gasteiger partial charge in [0.05, 0.1) is 33.0 Å². The van der Waals surface area contributed by atoms with Gasteiger partial charge in [0.2, 0.25) is 0 Å².